The van der Waals surface area contributed by atoms with Crippen LogP contribution in [0.3, 0.4) is 0 Å². The minimum atomic E-state index is -1.82. The number of amides is 1. The number of aliphatic carboxylic acids is 2. The van der Waals surface area contributed by atoms with Crippen LogP contribution in [0.4, 0.5) is 4.79 Å². The third-order valence-corrected chi connectivity index (χ3v) is 3.23. The lowest BCUT2D eigenvalue weighted by Gasteiger charge is -2.41. The van der Waals surface area contributed by atoms with Crippen LogP contribution in [0.25, 0.3) is 0 Å². The van der Waals surface area contributed by atoms with Crippen molar-refractivity contribution in [3.63, 3.8) is 0 Å². The van der Waals surface area contributed by atoms with Gasteiger partial charge in [0.05, 0.1) is 19.3 Å². The van der Waals surface area contributed by atoms with Crippen molar-refractivity contribution in [2.75, 3.05) is 26.2 Å². The van der Waals surface area contributed by atoms with E-state index in [1.54, 1.807) is 4.90 Å². The van der Waals surface area contributed by atoms with Crippen LogP contribution in [0.5, 0.6) is 0 Å². The maximum Gasteiger partial charge on any atom is 0.414 e. The number of hydrogen-bond donors (Lipinski definition) is 3. The van der Waals surface area contributed by atoms with Crippen molar-refractivity contribution in [3.8, 4) is 0 Å². The molecule has 0 aromatic rings. The average molecular weight is 332 g/mol. The molecule has 9 heteroatoms. The van der Waals surface area contributed by atoms with Crippen molar-refractivity contribution in [1.82, 2.24) is 10.2 Å². The number of carboxylic acid groups (broad SMARTS) is 2. The van der Waals surface area contributed by atoms with Crippen LogP contribution in [-0.4, -0.2) is 77.1 Å². The van der Waals surface area contributed by atoms with Crippen molar-refractivity contribution in [2.24, 2.45) is 0 Å². The number of nitrogens with one attached hydrogen (secondary N) is 1. The molecule has 0 spiro atoms. The molecule has 2 rings (SSSR count). The number of carbonyl (C=O) groups excluding carboxylic acids is 1. The summed E-state index contributed by atoms with van der Waals surface area (Å²) in [5, 5.41) is 18.2. The monoisotopic (exact) mass is 332 g/mol. The summed E-state index contributed by atoms with van der Waals surface area (Å²) in [4.78, 5) is 31.9. The van der Waals surface area contributed by atoms with Gasteiger partial charge in [-0.05, 0) is 27.2 Å². The van der Waals surface area contributed by atoms with E-state index in [1.165, 1.54) is 0 Å². The highest BCUT2D eigenvalue weighted by molar-refractivity contribution is 6.27. The summed E-state index contributed by atoms with van der Waals surface area (Å²) in [7, 11) is 0. The smallest absolute Gasteiger partial charge is 0.414 e. The lowest BCUT2D eigenvalue weighted by molar-refractivity contribution is -0.159. The summed E-state index contributed by atoms with van der Waals surface area (Å²) in [5.74, 6) is -3.65. The molecule has 3 N–H and O–H groups in total. The molecule has 1 amide bonds. The number of piperidine rings is 1. The summed E-state index contributed by atoms with van der Waals surface area (Å²) < 4.78 is 11.0. The highest BCUT2D eigenvalue weighted by Gasteiger charge is 2.35. The fraction of sp³-hybridized carbons (Fsp3) is 0.786. The SMILES string of the molecule is CC(C)(C)OC(=O)N1CC[C@@H]2NCCO[C@H]2C1.O=C(O)C(=O)O. The topological polar surface area (TPSA) is 125 Å². The van der Waals surface area contributed by atoms with Gasteiger partial charge < -0.3 is 29.9 Å². The number of morpholine rings is 1. The molecule has 0 aromatic carbocycles. The molecule has 0 aliphatic carbocycles. The number of hydrogen-bond acceptors (Lipinski definition) is 6. The molecule has 132 valence electrons. The van der Waals surface area contributed by atoms with Crippen LogP contribution < -0.4 is 5.32 Å². The van der Waals surface area contributed by atoms with Gasteiger partial charge in [-0.1, -0.05) is 0 Å². The molecule has 2 aliphatic heterocycles. The Bertz CT molecular complexity index is 435. The van der Waals surface area contributed by atoms with Gasteiger partial charge in [-0.2, -0.15) is 0 Å². The van der Waals surface area contributed by atoms with Crippen molar-refractivity contribution in [1.29, 1.82) is 0 Å². The Morgan fingerprint density at radius 1 is 1.22 bits per heavy atom. The van der Waals surface area contributed by atoms with Gasteiger partial charge in [-0.25, -0.2) is 14.4 Å². The molecule has 2 saturated heterocycles. The van der Waals surface area contributed by atoms with Gasteiger partial charge in [0, 0.05) is 19.1 Å². The molecule has 0 saturated carbocycles. The van der Waals surface area contributed by atoms with Gasteiger partial charge in [0.15, 0.2) is 0 Å². The van der Waals surface area contributed by atoms with E-state index in [1.807, 2.05) is 20.8 Å². The second-order valence-electron chi connectivity index (χ2n) is 6.30. The predicted molar refractivity (Wildman–Crippen MR) is 79.2 cm³/mol. The molecule has 2 fully saturated rings. The maximum absolute atomic E-state index is 11.9. The Morgan fingerprint density at radius 3 is 2.35 bits per heavy atom. The molecule has 0 bridgehead atoms. The molecule has 0 aromatic heterocycles. The first-order valence-electron chi connectivity index (χ1n) is 7.39. The summed E-state index contributed by atoms with van der Waals surface area (Å²) >= 11 is 0. The van der Waals surface area contributed by atoms with Crippen LogP contribution in [-0.2, 0) is 19.1 Å². The third kappa shape index (κ3) is 6.83. The number of rotatable bonds is 0. The van der Waals surface area contributed by atoms with Gasteiger partial charge in [0.25, 0.3) is 0 Å². The molecular formula is C14H24N2O7. The summed E-state index contributed by atoms with van der Waals surface area (Å²) in [6.07, 6.45) is 0.819. The normalized spacial score (nSPS) is 23.9. The molecule has 9 nitrogen and oxygen atoms in total. The van der Waals surface area contributed by atoms with E-state index in [-0.39, 0.29) is 12.2 Å². The van der Waals surface area contributed by atoms with Gasteiger partial charge >= 0.3 is 18.0 Å². The Morgan fingerprint density at radius 2 is 1.83 bits per heavy atom. The van der Waals surface area contributed by atoms with Crippen LogP contribution in [0.2, 0.25) is 0 Å². The van der Waals surface area contributed by atoms with Gasteiger partial charge in [0.1, 0.15) is 5.60 Å². The second kappa shape index (κ2) is 8.11. The van der Waals surface area contributed by atoms with Crippen LogP contribution in [0.1, 0.15) is 27.2 Å². The zero-order valence-electron chi connectivity index (χ0n) is 13.6. The lowest BCUT2D eigenvalue weighted by atomic mass is 10.0. The van der Waals surface area contributed by atoms with E-state index >= 15 is 0 Å². The minimum Gasteiger partial charge on any atom is -0.473 e. The minimum absolute atomic E-state index is 0.116. The van der Waals surface area contributed by atoms with E-state index in [4.69, 9.17) is 29.3 Å². The molecule has 0 radical (unpaired) electrons. The first kappa shape index (κ1) is 19.2. The number of likely N-dealkylation sites (tertiary alicyclic amines) is 1. The van der Waals surface area contributed by atoms with Crippen molar-refractivity contribution in [2.45, 2.75) is 44.9 Å². The van der Waals surface area contributed by atoms with E-state index in [2.05, 4.69) is 5.32 Å². The third-order valence-electron chi connectivity index (χ3n) is 3.23. The maximum atomic E-state index is 11.9. The number of carbonyl (C=O) groups is 3. The van der Waals surface area contributed by atoms with Crippen molar-refractivity contribution < 1.29 is 34.1 Å². The zero-order chi connectivity index (χ0) is 17.6. The van der Waals surface area contributed by atoms with Crippen LogP contribution >= 0.6 is 0 Å². The quantitative estimate of drug-likeness (QED) is 0.535. The molecule has 0 unspecified atom stereocenters. The number of carboxylic acids is 2. The van der Waals surface area contributed by atoms with Gasteiger partial charge in [-0.3, -0.25) is 0 Å². The Balaban J connectivity index is 0.000000379. The molecule has 23 heavy (non-hydrogen) atoms. The van der Waals surface area contributed by atoms with Crippen molar-refractivity contribution >= 4 is 18.0 Å². The molecular weight excluding hydrogens is 308 g/mol. The second-order valence-corrected chi connectivity index (χ2v) is 6.30. The zero-order valence-corrected chi connectivity index (χ0v) is 13.6. The summed E-state index contributed by atoms with van der Waals surface area (Å²) in [6, 6.07) is 0.391. The molecule has 2 heterocycles. The fourth-order valence-corrected chi connectivity index (χ4v) is 2.27. The molecule has 2 aliphatic rings. The van der Waals surface area contributed by atoms with E-state index in [0.717, 1.165) is 26.1 Å². The molecule has 2 atom stereocenters. The van der Waals surface area contributed by atoms with E-state index < -0.39 is 17.5 Å². The Labute approximate surface area is 134 Å². The number of fused-ring (bicyclic) bond motifs is 1. The van der Waals surface area contributed by atoms with Gasteiger partial charge in [0.2, 0.25) is 0 Å². The highest BCUT2D eigenvalue weighted by atomic mass is 16.6. The number of nitrogens with zero attached hydrogens (tertiary/aromatic N) is 1. The Hall–Kier alpha value is -1.87. The van der Waals surface area contributed by atoms with Crippen LogP contribution in [0.15, 0.2) is 0 Å². The Kier molecular flexibility index (Phi) is 6.77. The fourth-order valence-electron chi connectivity index (χ4n) is 2.27. The largest absolute Gasteiger partial charge is 0.473 e. The standard InChI is InChI=1S/C12H22N2O3.C2H2O4/c1-12(2,3)17-11(15)14-6-4-9-10(8-14)16-7-5-13-9;3-1(4)2(5)6/h9-10,13H,4-8H2,1-3H3;(H,3,4)(H,5,6)/t9-,10-;/m0./s1. The average Bonchev–Trinajstić information content (AvgIpc) is 2.45. The number of ether oxygens (including phenoxy) is 2. The lowest BCUT2D eigenvalue weighted by Crippen LogP contribution is -2.59. The van der Waals surface area contributed by atoms with Crippen molar-refractivity contribution in [3.05, 3.63) is 0 Å². The van der Waals surface area contributed by atoms with E-state index in [0.29, 0.717) is 12.6 Å². The van der Waals surface area contributed by atoms with Crippen LogP contribution in [0, 0.1) is 0 Å². The first-order chi connectivity index (χ1) is 10.6. The highest BCUT2D eigenvalue weighted by Crippen LogP contribution is 2.19. The first-order valence-corrected chi connectivity index (χ1v) is 7.39. The summed E-state index contributed by atoms with van der Waals surface area (Å²) in [5.41, 5.74) is -0.431. The van der Waals surface area contributed by atoms with E-state index in [9.17, 15) is 4.79 Å². The van der Waals surface area contributed by atoms with Gasteiger partial charge in [-0.15, -0.1) is 0 Å². The predicted octanol–water partition coefficient (Wildman–Crippen LogP) is 0.140. The summed E-state index contributed by atoms with van der Waals surface area (Å²) in [6.45, 7) is 8.67.